The van der Waals surface area contributed by atoms with E-state index in [-0.39, 0.29) is 11.5 Å². The van der Waals surface area contributed by atoms with Crippen LogP contribution in [0.3, 0.4) is 0 Å². The number of para-hydroxylation sites is 2. The fourth-order valence-corrected chi connectivity index (χ4v) is 4.48. The summed E-state index contributed by atoms with van der Waals surface area (Å²) in [5, 5.41) is 4.18. The first kappa shape index (κ1) is 20.6. The van der Waals surface area contributed by atoms with E-state index in [1.54, 1.807) is 24.3 Å². The lowest BCUT2D eigenvalue weighted by atomic mass is 9.82. The van der Waals surface area contributed by atoms with Gasteiger partial charge in [0.1, 0.15) is 23.4 Å². The molecule has 3 aromatic rings. The van der Waals surface area contributed by atoms with Crippen LogP contribution in [-0.4, -0.2) is 36.5 Å². The zero-order valence-electron chi connectivity index (χ0n) is 17.8. The fraction of sp³-hybridized carbons (Fsp3) is 0.154. The van der Waals surface area contributed by atoms with E-state index in [1.807, 2.05) is 60.7 Å². The third-order valence-corrected chi connectivity index (χ3v) is 6.03. The standard InChI is InChI=1S/C26H21N3O4/c1-33-19-15-9-8-14-18(19)29-25(31)21-22(27-28-23(21)26(29)32)24(30)20(16-10-4-2-5-11-16)17-12-6-3-7-13-17/h2-15,20-21,23,28H,1H3/t21-,23-/m0/s1. The van der Waals surface area contributed by atoms with Crippen LogP contribution in [0.25, 0.3) is 0 Å². The topological polar surface area (TPSA) is 88.1 Å². The Morgan fingerprint density at radius 2 is 1.45 bits per heavy atom. The molecule has 164 valence electrons. The van der Waals surface area contributed by atoms with E-state index in [2.05, 4.69) is 10.5 Å². The maximum absolute atomic E-state index is 13.8. The van der Waals surface area contributed by atoms with E-state index in [0.29, 0.717) is 11.4 Å². The second-order valence-corrected chi connectivity index (χ2v) is 7.88. The van der Waals surface area contributed by atoms with Gasteiger partial charge in [0.2, 0.25) is 5.91 Å². The van der Waals surface area contributed by atoms with Crippen molar-refractivity contribution in [1.82, 2.24) is 5.43 Å². The number of hydrogen-bond acceptors (Lipinski definition) is 6. The first-order valence-corrected chi connectivity index (χ1v) is 10.6. The molecule has 0 aromatic heterocycles. The number of fused-ring (bicyclic) bond motifs is 1. The number of rotatable bonds is 6. The quantitative estimate of drug-likeness (QED) is 0.597. The van der Waals surface area contributed by atoms with E-state index in [9.17, 15) is 14.4 Å². The summed E-state index contributed by atoms with van der Waals surface area (Å²) in [5.74, 6) is -2.51. The molecule has 2 heterocycles. The number of nitrogens with zero attached hydrogens (tertiary/aromatic N) is 2. The number of methoxy groups -OCH3 is 1. The van der Waals surface area contributed by atoms with Crippen LogP contribution in [0.1, 0.15) is 17.0 Å². The van der Waals surface area contributed by atoms with Gasteiger partial charge in [0.25, 0.3) is 5.91 Å². The molecule has 0 radical (unpaired) electrons. The highest BCUT2D eigenvalue weighted by Gasteiger charge is 2.56. The van der Waals surface area contributed by atoms with Gasteiger partial charge in [-0.15, -0.1) is 0 Å². The van der Waals surface area contributed by atoms with Gasteiger partial charge in [-0.3, -0.25) is 19.8 Å². The van der Waals surface area contributed by atoms with Crippen molar-refractivity contribution < 1.29 is 19.1 Å². The Bertz CT molecular complexity index is 1220. The second-order valence-electron chi connectivity index (χ2n) is 7.88. The molecule has 2 atom stereocenters. The molecule has 2 aliphatic heterocycles. The summed E-state index contributed by atoms with van der Waals surface area (Å²) < 4.78 is 5.34. The number of carbonyl (C=O) groups excluding carboxylic acids is 3. The van der Waals surface area contributed by atoms with Gasteiger partial charge in [0.15, 0.2) is 5.78 Å². The first-order valence-electron chi connectivity index (χ1n) is 10.6. The normalized spacial score (nSPS) is 19.3. The van der Waals surface area contributed by atoms with Crippen LogP contribution in [-0.2, 0) is 14.4 Å². The van der Waals surface area contributed by atoms with Crippen LogP contribution in [0, 0.1) is 5.92 Å². The van der Waals surface area contributed by atoms with Crippen LogP contribution in [0.5, 0.6) is 5.75 Å². The summed E-state index contributed by atoms with van der Waals surface area (Å²) in [5.41, 5.74) is 4.73. The number of ether oxygens (including phenoxy) is 1. The maximum atomic E-state index is 13.8. The molecule has 0 saturated carbocycles. The van der Waals surface area contributed by atoms with Crippen molar-refractivity contribution in [1.29, 1.82) is 0 Å². The van der Waals surface area contributed by atoms with E-state index >= 15 is 0 Å². The van der Waals surface area contributed by atoms with Crippen molar-refractivity contribution in [3.63, 3.8) is 0 Å². The lowest BCUT2D eigenvalue weighted by Crippen LogP contribution is -2.36. The van der Waals surface area contributed by atoms with Gasteiger partial charge in [0, 0.05) is 0 Å². The number of hydrazone groups is 1. The average Bonchev–Trinajstić information content (AvgIpc) is 3.40. The van der Waals surface area contributed by atoms with Crippen molar-refractivity contribution in [2.45, 2.75) is 12.0 Å². The van der Waals surface area contributed by atoms with Crippen molar-refractivity contribution in [2.24, 2.45) is 11.0 Å². The van der Waals surface area contributed by atoms with Crippen LogP contribution in [0.15, 0.2) is 90.0 Å². The Hall–Kier alpha value is -4.26. The number of amides is 2. The number of anilines is 1. The Morgan fingerprint density at radius 3 is 2.06 bits per heavy atom. The molecule has 3 aromatic carbocycles. The number of Topliss-reactive ketones (excluding diaryl/α,β-unsaturated/α-hetero) is 1. The predicted octanol–water partition coefficient (Wildman–Crippen LogP) is 2.91. The van der Waals surface area contributed by atoms with Gasteiger partial charge in [-0.05, 0) is 23.3 Å². The lowest BCUT2D eigenvalue weighted by Gasteiger charge is -2.20. The molecule has 1 saturated heterocycles. The molecule has 0 unspecified atom stereocenters. The summed E-state index contributed by atoms with van der Waals surface area (Å²) in [4.78, 5) is 41.5. The van der Waals surface area contributed by atoms with E-state index in [4.69, 9.17) is 4.74 Å². The number of carbonyl (C=O) groups is 3. The molecule has 0 bridgehead atoms. The number of nitrogens with one attached hydrogen (secondary N) is 1. The Labute approximate surface area is 190 Å². The molecule has 2 aliphatic rings. The molecule has 33 heavy (non-hydrogen) atoms. The van der Waals surface area contributed by atoms with Gasteiger partial charge >= 0.3 is 0 Å². The third-order valence-electron chi connectivity index (χ3n) is 6.03. The lowest BCUT2D eigenvalue weighted by molar-refractivity contribution is -0.122. The molecular weight excluding hydrogens is 418 g/mol. The van der Waals surface area contributed by atoms with Gasteiger partial charge in [-0.25, -0.2) is 4.90 Å². The minimum atomic E-state index is -0.996. The monoisotopic (exact) mass is 439 g/mol. The molecular formula is C26H21N3O4. The van der Waals surface area contributed by atoms with E-state index < -0.39 is 29.7 Å². The van der Waals surface area contributed by atoms with Crippen LogP contribution in [0.2, 0.25) is 0 Å². The predicted molar refractivity (Wildman–Crippen MR) is 123 cm³/mol. The van der Waals surface area contributed by atoms with E-state index in [1.165, 1.54) is 7.11 Å². The van der Waals surface area contributed by atoms with Crippen molar-refractivity contribution in [2.75, 3.05) is 12.0 Å². The first-order chi connectivity index (χ1) is 16.1. The van der Waals surface area contributed by atoms with Gasteiger partial charge in [0.05, 0.1) is 18.7 Å². The summed E-state index contributed by atoms with van der Waals surface area (Å²) in [7, 11) is 1.48. The Balaban J connectivity index is 1.52. The zero-order valence-corrected chi connectivity index (χ0v) is 17.8. The maximum Gasteiger partial charge on any atom is 0.259 e. The SMILES string of the molecule is COc1ccccc1N1C(=O)[C@H]2C(C(=O)C(c3ccccc3)c3ccccc3)=NN[C@@H]2C1=O. The Kier molecular flexibility index (Phi) is 5.22. The zero-order chi connectivity index (χ0) is 22.9. The summed E-state index contributed by atoms with van der Waals surface area (Å²) in [6.07, 6.45) is 0. The van der Waals surface area contributed by atoms with Crippen LogP contribution >= 0.6 is 0 Å². The minimum absolute atomic E-state index is 0.0634. The molecule has 7 nitrogen and oxygen atoms in total. The number of ketones is 1. The summed E-state index contributed by atoms with van der Waals surface area (Å²) >= 11 is 0. The van der Waals surface area contributed by atoms with Crippen molar-refractivity contribution >= 4 is 29.0 Å². The van der Waals surface area contributed by atoms with E-state index in [0.717, 1.165) is 16.0 Å². The highest BCUT2D eigenvalue weighted by atomic mass is 16.5. The van der Waals surface area contributed by atoms with Crippen molar-refractivity contribution in [3.05, 3.63) is 96.1 Å². The second kappa shape index (κ2) is 8.35. The number of imide groups is 1. The highest BCUT2D eigenvalue weighted by Crippen LogP contribution is 2.37. The minimum Gasteiger partial charge on any atom is -0.495 e. The van der Waals surface area contributed by atoms with Gasteiger partial charge < -0.3 is 4.74 Å². The molecule has 2 amide bonds. The van der Waals surface area contributed by atoms with Gasteiger partial charge in [-0.2, -0.15) is 5.10 Å². The Morgan fingerprint density at radius 1 is 0.879 bits per heavy atom. The third kappa shape index (κ3) is 3.38. The molecule has 5 rings (SSSR count). The fourth-order valence-electron chi connectivity index (χ4n) is 4.48. The molecule has 0 aliphatic carbocycles. The summed E-state index contributed by atoms with van der Waals surface area (Å²) in [6.45, 7) is 0. The molecule has 1 N–H and O–H groups in total. The largest absolute Gasteiger partial charge is 0.495 e. The number of hydrogen-bond donors (Lipinski definition) is 1. The average molecular weight is 439 g/mol. The smallest absolute Gasteiger partial charge is 0.259 e. The molecule has 1 fully saturated rings. The highest BCUT2D eigenvalue weighted by molar-refractivity contribution is 6.50. The van der Waals surface area contributed by atoms with Gasteiger partial charge in [-0.1, -0.05) is 72.8 Å². The summed E-state index contributed by atoms with van der Waals surface area (Å²) in [6, 6.07) is 24.6. The van der Waals surface area contributed by atoms with Crippen LogP contribution < -0.4 is 15.1 Å². The number of benzene rings is 3. The molecule has 0 spiro atoms. The van der Waals surface area contributed by atoms with Crippen LogP contribution in [0.4, 0.5) is 5.69 Å². The van der Waals surface area contributed by atoms with Crippen molar-refractivity contribution in [3.8, 4) is 5.75 Å². The molecule has 7 heteroatoms.